The van der Waals surface area contributed by atoms with Gasteiger partial charge in [-0.05, 0) is 40.2 Å². The second kappa shape index (κ2) is 6.28. The number of alkyl halides is 3. The molecule has 108 valence electrons. The summed E-state index contributed by atoms with van der Waals surface area (Å²) in [6, 6.07) is 7.11. The van der Waals surface area contributed by atoms with Crippen LogP contribution in [0.5, 0.6) is 0 Å². The Bertz CT molecular complexity index is 580. The number of thiophene rings is 1. The fourth-order valence-corrected chi connectivity index (χ4v) is 3.59. The van der Waals surface area contributed by atoms with E-state index in [2.05, 4.69) is 21.2 Å². The quantitative estimate of drug-likeness (QED) is 0.784. The molecule has 0 amide bonds. The van der Waals surface area contributed by atoms with Crippen LogP contribution in [-0.4, -0.2) is 6.54 Å². The molecule has 2 aromatic rings. The van der Waals surface area contributed by atoms with E-state index >= 15 is 0 Å². The van der Waals surface area contributed by atoms with Crippen molar-refractivity contribution in [3.8, 4) is 0 Å². The van der Waals surface area contributed by atoms with Crippen LogP contribution in [0.1, 0.15) is 29.0 Å². The SMILES string of the molecule is CCNC(c1cc(Br)cs1)c1ccccc1C(F)(F)F. The van der Waals surface area contributed by atoms with Gasteiger partial charge in [-0.15, -0.1) is 11.3 Å². The highest BCUT2D eigenvalue weighted by Crippen LogP contribution is 2.38. The number of hydrogen-bond acceptors (Lipinski definition) is 2. The third-order valence-electron chi connectivity index (χ3n) is 2.86. The van der Waals surface area contributed by atoms with Crippen LogP contribution in [0.3, 0.4) is 0 Å². The van der Waals surface area contributed by atoms with Crippen molar-refractivity contribution in [3.05, 3.63) is 56.2 Å². The summed E-state index contributed by atoms with van der Waals surface area (Å²) in [6.07, 6.45) is -4.35. The van der Waals surface area contributed by atoms with E-state index < -0.39 is 17.8 Å². The van der Waals surface area contributed by atoms with Crippen molar-refractivity contribution in [2.24, 2.45) is 0 Å². The Balaban J connectivity index is 2.50. The summed E-state index contributed by atoms with van der Waals surface area (Å²) in [7, 11) is 0. The van der Waals surface area contributed by atoms with Gasteiger partial charge in [0.15, 0.2) is 0 Å². The van der Waals surface area contributed by atoms with Gasteiger partial charge >= 0.3 is 6.18 Å². The Morgan fingerprint density at radius 2 is 2.00 bits per heavy atom. The van der Waals surface area contributed by atoms with E-state index in [-0.39, 0.29) is 5.56 Å². The summed E-state index contributed by atoms with van der Waals surface area (Å²) >= 11 is 4.78. The van der Waals surface area contributed by atoms with Crippen molar-refractivity contribution in [1.82, 2.24) is 5.32 Å². The molecule has 1 nitrogen and oxygen atoms in total. The number of benzene rings is 1. The first kappa shape index (κ1) is 15.5. The van der Waals surface area contributed by atoms with Gasteiger partial charge in [0.1, 0.15) is 0 Å². The highest BCUT2D eigenvalue weighted by atomic mass is 79.9. The van der Waals surface area contributed by atoms with Crippen LogP contribution < -0.4 is 5.32 Å². The molecule has 0 aliphatic rings. The van der Waals surface area contributed by atoms with Gasteiger partial charge in [-0.2, -0.15) is 13.2 Å². The van der Waals surface area contributed by atoms with E-state index in [1.54, 1.807) is 6.07 Å². The summed E-state index contributed by atoms with van der Waals surface area (Å²) in [5.74, 6) is 0. The largest absolute Gasteiger partial charge is 0.416 e. The fraction of sp³-hybridized carbons (Fsp3) is 0.286. The van der Waals surface area contributed by atoms with Crippen LogP contribution in [0.2, 0.25) is 0 Å². The van der Waals surface area contributed by atoms with Crippen LogP contribution >= 0.6 is 27.3 Å². The van der Waals surface area contributed by atoms with E-state index in [4.69, 9.17) is 0 Å². The lowest BCUT2D eigenvalue weighted by molar-refractivity contribution is -0.138. The van der Waals surface area contributed by atoms with Crippen LogP contribution in [0.15, 0.2) is 40.2 Å². The molecule has 0 fully saturated rings. The minimum Gasteiger partial charge on any atom is -0.306 e. The fourth-order valence-electron chi connectivity index (χ4n) is 2.05. The molecule has 0 radical (unpaired) electrons. The molecule has 0 saturated heterocycles. The monoisotopic (exact) mass is 363 g/mol. The Kier molecular flexibility index (Phi) is 4.88. The zero-order valence-electron chi connectivity index (χ0n) is 10.7. The average molecular weight is 364 g/mol. The molecule has 0 aliphatic heterocycles. The van der Waals surface area contributed by atoms with Crippen LogP contribution in [0, 0.1) is 0 Å². The van der Waals surface area contributed by atoms with Gasteiger partial charge in [-0.25, -0.2) is 0 Å². The third kappa shape index (κ3) is 3.42. The van der Waals surface area contributed by atoms with Crippen molar-refractivity contribution in [2.45, 2.75) is 19.1 Å². The van der Waals surface area contributed by atoms with Gasteiger partial charge < -0.3 is 5.32 Å². The Labute approximate surface area is 128 Å². The molecular formula is C14H13BrF3NS. The highest BCUT2D eigenvalue weighted by Gasteiger charge is 2.35. The van der Waals surface area contributed by atoms with E-state index in [1.165, 1.54) is 23.5 Å². The van der Waals surface area contributed by atoms with Gasteiger partial charge in [0.05, 0.1) is 11.6 Å². The van der Waals surface area contributed by atoms with Crippen molar-refractivity contribution in [3.63, 3.8) is 0 Å². The zero-order valence-corrected chi connectivity index (χ0v) is 13.1. The maximum atomic E-state index is 13.1. The summed E-state index contributed by atoms with van der Waals surface area (Å²) in [6.45, 7) is 2.47. The lowest BCUT2D eigenvalue weighted by Gasteiger charge is -2.21. The Morgan fingerprint density at radius 1 is 1.30 bits per heavy atom. The Morgan fingerprint density at radius 3 is 2.55 bits per heavy atom. The molecule has 6 heteroatoms. The van der Waals surface area contributed by atoms with E-state index in [0.29, 0.717) is 6.54 Å². The molecule has 0 aliphatic carbocycles. The second-order valence-electron chi connectivity index (χ2n) is 4.24. The molecule has 1 aromatic carbocycles. The predicted octanol–water partition coefficient (Wildman–Crippen LogP) is 5.23. The summed E-state index contributed by atoms with van der Waals surface area (Å²) in [5.41, 5.74) is -0.327. The Hall–Kier alpha value is -0.850. The van der Waals surface area contributed by atoms with Crippen molar-refractivity contribution in [2.75, 3.05) is 6.54 Å². The minimum atomic E-state index is -4.35. The second-order valence-corrected chi connectivity index (χ2v) is 6.10. The maximum absolute atomic E-state index is 13.1. The van der Waals surface area contributed by atoms with Crippen molar-refractivity contribution < 1.29 is 13.2 Å². The van der Waals surface area contributed by atoms with Gasteiger partial charge in [-0.1, -0.05) is 25.1 Å². The first-order valence-electron chi connectivity index (χ1n) is 6.07. The number of rotatable bonds is 4. The van der Waals surface area contributed by atoms with Gasteiger partial charge in [0.2, 0.25) is 0 Å². The van der Waals surface area contributed by atoms with E-state index in [9.17, 15) is 13.2 Å². The molecule has 2 rings (SSSR count). The number of halogens is 4. The smallest absolute Gasteiger partial charge is 0.306 e. The molecule has 1 unspecified atom stereocenters. The lowest BCUT2D eigenvalue weighted by atomic mass is 9.98. The molecule has 1 aromatic heterocycles. The van der Waals surface area contributed by atoms with Crippen LogP contribution in [0.25, 0.3) is 0 Å². The first-order chi connectivity index (χ1) is 9.43. The van der Waals surface area contributed by atoms with Crippen molar-refractivity contribution >= 4 is 27.3 Å². The summed E-state index contributed by atoms with van der Waals surface area (Å²) in [5, 5.41) is 5.00. The van der Waals surface area contributed by atoms with Gasteiger partial charge in [-0.3, -0.25) is 0 Å². The molecule has 0 spiro atoms. The van der Waals surface area contributed by atoms with Gasteiger partial charge in [0, 0.05) is 14.7 Å². The highest BCUT2D eigenvalue weighted by molar-refractivity contribution is 9.10. The lowest BCUT2D eigenvalue weighted by Crippen LogP contribution is -2.24. The number of hydrogen-bond donors (Lipinski definition) is 1. The minimum absolute atomic E-state index is 0.260. The maximum Gasteiger partial charge on any atom is 0.416 e. The topological polar surface area (TPSA) is 12.0 Å². The molecule has 0 bridgehead atoms. The molecule has 0 saturated carbocycles. The molecular weight excluding hydrogens is 351 g/mol. The van der Waals surface area contributed by atoms with E-state index in [0.717, 1.165) is 15.4 Å². The summed E-state index contributed by atoms with van der Waals surface area (Å²) < 4.78 is 40.3. The molecule has 1 heterocycles. The number of nitrogens with one attached hydrogen (secondary N) is 1. The van der Waals surface area contributed by atoms with Crippen molar-refractivity contribution in [1.29, 1.82) is 0 Å². The van der Waals surface area contributed by atoms with Crippen LogP contribution in [-0.2, 0) is 6.18 Å². The molecule has 1 N–H and O–H groups in total. The standard InChI is InChI=1S/C14H13BrF3NS/c1-2-19-13(12-7-9(15)8-20-12)10-5-3-4-6-11(10)14(16,17)18/h3-8,13,19H,2H2,1H3. The molecule has 1 atom stereocenters. The third-order valence-corrected chi connectivity index (χ3v) is 4.62. The first-order valence-corrected chi connectivity index (χ1v) is 7.74. The average Bonchev–Trinajstić information content (AvgIpc) is 2.81. The molecule has 20 heavy (non-hydrogen) atoms. The summed E-state index contributed by atoms with van der Waals surface area (Å²) in [4.78, 5) is 0.857. The van der Waals surface area contributed by atoms with Gasteiger partial charge in [0.25, 0.3) is 0 Å². The normalized spacial score (nSPS) is 13.4. The van der Waals surface area contributed by atoms with E-state index in [1.807, 2.05) is 18.4 Å². The van der Waals surface area contributed by atoms with Crippen LogP contribution in [0.4, 0.5) is 13.2 Å². The zero-order chi connectivity index (χ0) is 14.8. The predicted molar refractivity (Wildman–Crippen MR) is 79.0 cm³/mol.